The van der Waals surface area contributed by atoms with E-state index < -0.39 is 6.10 Å². The second-order valence-electron chi connectivity index (χ2n) is 9.03. The summed E-state index contributed by atoms with van der Waals surface area (Å²) in [6.07, 6.45) is 3.36. The quantitative estimate of drug-likeness (QED) is 0.722. The van der Waals surface area contributed by atoms with E-state index >= 15 is 0 Å². The Kier molecular flexibility index (Phi) is 7.68. The van der Waals surface area contributed by atoms with Crippen LogP contribution in [0.4, 0.5) is 4.39 Å². The Hall–Kier alpha value is -2.44. The van der Waals surface area contributed by atoms with Crippen LogP contribution < -0.4 is 5.32 Å². The lowest BCUT2D eigenvalue weighted by Crippen LogP contribution is -2.48. The molecule has 0 bridgehead atoms. The molecule has 1 N–H and O–H groups in total. The Morgan fingerprint density at radius 3 is 2.35 bits per heavy atom. The molecule has 0 spiro atoms. The van der Waals surface area contributed by atoms with Gasteiger partial charge in [0.15, 0.2) is 6.10 Å². The van der Waals surface area contributed by atoms with Gasteiger partial charge in [-0.25, -0.2) is 4.39 Å². The number of hydrogen-bond donors (Lipinski definition) is 1. The summed E-state index contributed by atoms with van der Waals surface area (Å²) in [6.45, 7) is 6.82. The van der Waals surface area contributed by atoms with Gasteiger partial charge in [-0.3, -0.25) is 14.4 Å². The average Bonchev–Trinajstić information content (AvgIpc) is 2.77. The van der Waals surface area contributed by atoms with Crippen LogP contribution in [0.25, 0.3) is 0 Å². The second kappa shape index (κ2) is 10.2. The molecule has 170 valence electrons. The van der Waals surface area contributed by atoms with Gasteiger partial charge in [-0.2, -0.15) is 0 Å². The molecule has 2 fully saturated rings. The number of amides is 2. The Balaban J connectivity index is 1.45. The lowest BCUT2D eigenvalue weighted by atomic mass is 9.78. The number of ether oxygens (including phenoxy) is 1. The van der Waals surface area contributed by atoms with Crippen molar-refractivity contribution in [2.24, 2.45) is 17.8 Å². The van der Waals surface area contributed by atoms with E-state index in [4.69, 9.17) is 4.74 Å². The van der Waals surface area contributed by atoms with E-state index in [-0.39, 0.29) is 35.6 Å². The third-order valence-electron chi connectivity index (χ3n) is 6.90. The van der Waals surface area contributed by atoms with Gasteiger partial charge in [0.25, 0.3) is 11.8 Å². The van der Waals surface area contributed by atoms with E-state index in [1.807, 2.05) is 0 Å². The van der Waals surface area contributed by atoms with Crippen molar-refractivity contribution in [3.05, 3.63) is 35.6 Å². The molecule has 1 aromatic carbocycles. The summed E-state index contributed by atoms with van der Waals surface area (Å²) in [4.78, 5) is 39.3. The zero-order chi connectivity index (χ0) is 22.5. The fraction of sp³-hybridized carbons (Fsp3) is 0.625. The standard InChI is InChI=1S/C24H33FN2O4/c1-15-5-4-6-21(16(15)2)26-22(28)17(3)31-24(30)19-11-13-27(14-12-19)23(29)18-7-9-20(25)10-8-18/h7-10,15-17,19,21H,4-6,11-14H2,1-3H3,(H,26,28)/t15-,16-,17-,21-/m1/s1. The molecule has 0 unspecified atom stereocenters. The minimum absolute atomic E-state index is 0.123. The molecule has 2 aliphatic rings. The smallest absolute Gasteiger partial charge is 0.309 e. The molecule has 1 aliphatic heterocycles. The first-order chi connectivity index (χ1) is 14.8. The number of hydrogen-bond acceptors (Lipinski definition) is 4. The summed E-state index contributed by atoms with van der Waals surface area (Å²) in [5.41, 5.74) is 0.430. The van der Waals surface area contributed by atoms with Crippen LogP contribution in [0.5, 0.6) is 0 Å². The van der Waals surface area contributed by atoms with Crippen molar-refractivity contribution in [1.82, 2.24) is 10.2 Å². The van der Waals surface area contributed by atoms with Crippen LogP contribution in [0.3, 0.4) is 0 Å². The lowest BCUT2D eigenvalue weighted by Gasteiger charge is -2.35. The van der Waals surface area contributed by atoms with Crippen LogP contribution in [0.2, 0.25) is 0 Å². The van der Waals surface area contributed by atoms with Crippen LogP contribution in [0, 0.1) is 23.6 Å². The normalized spacial score (nSPS) is 25.5. The van der Waals surface area contributed by atoms with Gasteiger partial charge in [0.1, 0.15) is 5.82 Å². The summed E-state index contributed by atoms with van der Waals surface area (Å²) in [7, 11) is 0. The van der Waals surface area contributed by atoms with Crippen LogP contribution >= 0.6 is 0 Å². The highest BCUT2D eigenvalue weighted by atomic mass is 19.1. The molecule has 1 aromatic rings. The van der Waals surface area contributed by atoms with Gasteiger partial charge in [-0.1, -0.05) is 26.7 Å². The second-order valence-corrected chi connectivity index (χ2v) is 9.03. The molecular weight excluding hydrogens is 399 g/mol. The van der Waals surface area contributed by atoms with Crippen molar-refractivity contribution >= 4 is 17.8 Å². The first-order valence-electron chi connectivity index (χ1n) is 11.3. The van der Waals surface area contributed by atoms with Crippen molar-refractivity contribution < 1.29 is 23.5 Å². The van der Waals surface area contributed by atoms with E-state index in [0.717, 1.165) is 12.8 Å². The Bertz CT molecular complexity index is 789. The molecule has 4 atom stereocenters. The summed E-state index contributed by atoms with van der Waals surface area (Å²) < 4.78 is 18.5. The molecule has 7 heteroatoms. The third-order valence-corrected chi connectivity index (χ3v) is 6.90. The van der Waals surface area contributed by atoms with Crippen molar-refractivity contribution in [2.45, 2.75) is 65.0 Å². The van der Waals surface area contributed by atoms with Crippen molar-refractivity contribution in [3.8, 4) is 0 Å². The molecule has 31 heavy (non-hydrogen) atoms. The minimum atomic E-state index is -0.837. The molecule has 1 saturated carbocycles. The third kappa shape index (κ3) is 5.83. The SMILES string of the molecule is C[C@@H]1[C@H](C)CCC[C@H]1NC(=O)[C@@H](C)OC(=O)C1CCN(C(=O)c2ccc(F)cc2)CC1. The molecule has 0 radical (unpaired) electrons. The number of nitrogens with one attached hydrogen (secondary N) is 1. The maximum absolute atomic E-state index is 13.1. The van der Waals surface area contributed by atoms with Crippen molar-refractivity contribution in [2.75, 3.05) is 13.1 Å². The number of halogens is 1. The van der Waals surface area contributed by atoms with Crippen molar-refractivity contribution in [1.29, 1.82) is 0 Å². The van der Waals surface area contributed by atoms with E-state index in [2.05, 4.69) is 19.2 Å². The molecular formula is C24H33FN2O4. The van der Waals surface area contributed by atoms with Gasteiger partial charge in [-0.15, -0.1) is 0 Å². The highest BCUT2D eigenvalue weighted by molar-refractivity contribution is 5.94. The maximum Gasteiger partial charge on any atom is 0.309 e. The van der Waals surface area contributed by atoms with Gasteiger partial charge in [0.05, 0.1) is 5.92 Å². The Morgan fingerprint density at radius 1 is 1.06 bits per heavy atom. The zero-order valence-corrected chi connectivity index (χ0v) is 18.6. The van der Waals surface area contributed by atoms with Crippen LogP contribution in [0.15, 0.2) is 24.3 Å². The van der Waals surface area contributed by atoms with Crippen LogP contribution in [-0.2, 0) is 14.3 Å². The first kappa shape index (κ1) is 23.2. The molecule has 2 amide bonds. The average molecular weight is 433 g/mol. The summed E-state index contributed by atoms with van der Waals surface area (Å²) in [6, 6.07) is 5.58. The largest absolute Gasteiger partial charge is 0.452 e. The van der Waals surface area contributed by atoms with Crippen LogP contribution in [0.1, 0.15) is 63.2 Å². The van der Waals surface area contributed by atoms with Gasteiger partial charge < -0.3 is 15.0 Å². The number of benzene rings is 1. The fourth-order valence-corrected chi connectivity index (χ4v) is 4.50. The fourth-order valence-electron chi connectivity index (χ4n) is 4.50. The highest BCUT2D eigenvalue weighted by Crippen LogP contribution is 2.29. The molecule has 0 aromatic heterocycles. The Morgan fingerprint density at radius 2 is 1.71 bits per heavy atom. The monoisotopic (exact) mass is 432 g/mol. The zero-order valence-electron chi connectivity index (χ0n) is 18.6. The van der Waals surface area contributed by atoms with Crippen molar-refractivity contribution in [3.63, 3.8) is 0 Å². The Labute approximate surface area is 183 Å². The number of carbonyl (C=O) groups excluding carboxylic acids is 3. The predicted octanol–water partition coefficient (Wildman–Crippen LogP) is 3.55. The van der Waals surface area contributed by atoms with Gasteiger partial charge >= 0.3 is 5.97 Å². The number of esters is 1. The lowest BCUT2D eigenvalue weighted by molar-refractivity contribution is -0.160. The summed E-state index contributed by atoms with van der Waals surface area (Å²) >= 11 is 0. The van der Waals surface area contributed by atoms with E-state index in [1.54, 1.807) is 11.8 Å². The van der Waals surface area contributed by atoms with Crippen LogP contribution in [-0.4, -0.2) is 47.9 Å². The van der Waals surface area contributed by atoms with Gasteiger partial charge in [0.2, 0.25) is 0 Å². The molecule has 1 heterocycles. The molecule has 1 aliphatic carbocycles. The van der Waals surface area contributed by atoms with Gasteiger partial charge in [-0.05, 0) is 62.3 Å². The molecule has 1 saturated heterocycles. The van der Waals surface area contributed by atoms with E-state index in [9.17, 15) is 18.8 Å². The number of likely N-dealkylation sites (tertiary alicyclic amines) is 1. The van der Waals surface area contributed by atoms with E-state index in [1.165, 1.54) is 30.7 Å². The topological polar surface area (TPSA) is 75.7 Å². The summed E-state index contributed by atoms with van der Waals surface area (Å²) in [5.74, 6) is -0.548. The predicted molar refractivity (Wildman–Crippen MR) is 115 cm³/mol. The number of carbonyl (C=O) groups is 3. The summed E-state index contributed by atoms with van der Waals surface area (Å²) in [5, 5.41) is 3.06. The number of nitrogens with zero attached hydrogens (tertiary/aromatic N) is 1. The number of rotatable bonds is 5. The van der Waals surface area contributed by atoms with Gasteiger partial charge in [0, 0.05) is 24.7 Å². The molecule has 3 rings (SSSR count). The first-order valence-corrected chi connectivity index (χ1v) is 11.3. The highest BCUT2D eigenvalue weighted by Gasteiger charge is 2.33. The number of piperidine rings is 1. The van der Waals surface area contributed by atoms with E-state index in [0.29, 0.717) is 43.3 Å². The maximum atomic E-state index is 13.1. The minimum Gasteiger partial charge on any atom is -0.452 e. The molecule has 6 nitrogen and oxygen atoms in total.